The molecule has 0 fully saturated rings. The summed E-state index contributed by atoms with van der Waals surface area (Å²) < 4.78 is 0. The Morgan fingerprint density at radius 2 is 0.917 bits per heavy atom. The first kappa shape index (κ1) is 40.1. The smallest absolute Gasteiger partial charge is 0.273 e. The number of benzene rings is 2. The van der Waals surface area contributed by atoms with E-state index in [-0.39, 0.29) is 35.5 Å². The lowest BCUT2D eigenvalue weighted by Crippen LogP contribution is -2.58. The van der Waals surface area contributed by atoms with Crippen LogP contribution in [0.1, 0.15) is 156 Å². The predicted octanol–water partition coefficient (Wildman–Crippen LogP) is 7.32. The Hall–Kier alpha value is -4.08. The minimum absolute atomic E-state index is 0.00116. The van der Waals surface area contributed by atoms with Gasteiger partial charge in [0.15, 0.2) is 0 Å². The number of unbranched alkanes of at least 4 members (excludes halogenated alkanes) is 9. The van der Waals surface area contributed by atoms with Gasteiger partial charge in [-0.25, -0.2) is 0 Å². The normalized spacial score (nSPS) is 11.2. The molecule has 266 valence electrons. The number of amides is 4. The van der Waals surface area contributed by atoms with E-state index >= 15 is 0 Å². The van der Waals surface area contributed by atoms with Crippen LogP contribution in [0.5, 0.6) is 11.5 Å². The van der Waals surface area contributed by atoms with Crippen LogP contribution in [0.4, 0.5) is 0 Å². The van der Waals surface area contributed by atoms with E-state index in [2.05, 4.69) is 35.6 Å². The highest BCUT2D eigenvalue weighted by Crippen LogP contribution is 2.32. The van der Waals surface area contributed by atoms with E-state index in [4.69, 9.17) is 0 Å². The van der Waals surface area contributed by atoms with Crippen molar-refractivity contribution in [2.75, 3.05) is 0 Å². The third kappa shape index (κ3) is 12.5. The molecule has 4 amide bonds. The Morgan fingerprint density at radius 3 is 1.31 bits per heavy atom. The number of aromatic hydroxyl groups is 2. The Morgan fingerprint density at radius 1 is 0.521 bits per heavy atom. The van der Waals surface area contributed by atoms with Crippen molar-refractivity contribution in [3.8, 4) is 11.5 Å². The molecule has 10 nitrogen and oxygen atoms in total. The molecular weight excluding hydrogens is 608 g/mol. The predicted molar refractivity (Wildman–Crippen MR) is 189 cm³/mol. The van der Waals surface area contributed by atoms with E-state index in [1.165, 1.54) is 12.1 Å². The summed E-state index contributed by atoms with van der Waals surface area (Å²) >= 11 is 0. The third-order valence-electron chi connectivity index (χ3n) is 8.86. The van der Waals surface area contributed by atoms with Crippen molar-refractivity contribution in [3.63, 3.8) is 0 Å². The number of carbonyl (C=O) groups is 4. The van der Waals surface area contributed by atoms with Gasteiger partial charge in [0.25, 0.3) is 23.6 Å². The second-order valence-electron chi connectivity index (χ2n) is 12.8. The minimum atomic E-state index is -1.60. The van der Waals surface area contributed by atoms with Gasteiger partial charge in [0.2, 0.25) is 0 Å². The molecule has 0 atom stereocenters. The van der Waals surface area contributed by atoms with Crippen molar-refractivity contribution in [3.05, 3.63) is 58.7 Å². The van der Waals surface area contributed by atoms with Crippen molar-refractivity contribution in [1.29, 1.82) is 0 Å². The maximum absolute atomic E-state index is 13.8. The largest absolute Gasteiger partial charge is 0.507 e. The zero-order chi connectivity index (χ0) is 35.4. The topological polar surface area (TPSA) is 157 Å². The maximum Gasteiger partial charge on any atom is 0.273 e. The van der Waals surface area contributed by atoms with Crippen LogP contribution in [-0.4, -0.2) is 33.8 Å². The molecule has 0 aliphatic heterocycles. The Kier molecular flexibility index (Phi) is 18.1. The van der Waals surface area contributed by atoms with E-state index in [0.29, 0.717) is 19.3 Å². The van der Waals surface area contributed by atoms with E-state index < -0.39 is 29.0 Å². The molecule has 0 spiro atoms. The van der Waals surface area contributed by atoms with Crippen LogP contribution in [0, 0.1) is 5.41 Å². The maximum atomic E-state index is 13.8. The zero-order valence-electron chi connectivity index (χ0n) is 29.5. The summed E-state index contributed by atoms with van der Waals surface area (Å²) in [5.41, 5.74) is 9.84. The molecule has 0 saturated heterocycles. The van der Waals surface area contributed by atoms with Gasteiger partial charge in [0.05, 0.1) is 11.1 Å². The molecule has 0 unspecified atom stereocenters. The number of aryl methyl sites for hydroxylation is 2. The van der Waals surface area contributed by atoms with Crippen LogP contribution in [0.2, 0.25) is 0 Å². The zero-order valence-corrected chi connectivity index (χ0v) is 29.5. The highest BCUT2D eigenvalue weighted by atomic mass is 16.3. The quantitative estimate of drug-likeness (QED) is 0.0466. The van der Waals surface area contributed by atoms with Crippen LogP contribution < -0.4 is 21.7 Å². The van der Waals surface area contributed by atoms with Crippen LogP contribution in [0.3, 0.4) is 0 Å². The van der Waals surface area contributed by atoms with Gasteiger partial charge in [0, 0.05) is 0 Å². The minimum Gasteiger partial charge on any atom is -0.507 e. The molecule has 0 aliphatic carbocycles. The van der Waals surface area contributed by atoms with Crippen LogP contribution in [0.15, 0.2) is 36.4 Å². The Balaban J connectivity index is 2.15. The van der Waals surface area contributed by atoms with E-state index in [1.54, 1.807) is 24.3 Å². The lowest BCUT2D eigenvalue weighted by Gasteiger charge is -2.31. The number of hydrogen-bond acceptors (Lipinski definition) is 6. The van der Waals surface area contributed by atoms with Crippen LogP contribution >= 0.6 is 0 Å². The molecule has 6 N–H and O–H groups in total. The number of phenols is 2. The molecule has 2 aromatic rings. The summed E-state index contributed by atoms with van der Waals surface area (Å²) in [4.78, 5) is 53.6. The standard InChI is InChI=1S/C38H58N4O6/c1-5-9-13-15-18-28-20-22-30(32(43)26-28)34(45)39-41-36(47)38(24-12-8-4,25-17-11-7-3)37(48)42-40-35(46)31-23-21-29(27-33(31)44)19-16-14-10-6-2/h20-23,26-27,43-44H,5-19,24-25H2,1-4H3,(H,39,45)(H,40,46)(H,41,47)(H,42,48). The fourth-order valence-corrected chi connectivity index (χ4v) is 5.80. The second-order valence-corrected chi connectivity index (χ2v) is 12.8. The molecule has 0 aliphatic rings. The van der Waals surface area contributed by atoms with Crippen molar-refractivity contribution in [2.24, 2.45) is 5.41 Å². The van der Waals surface area contributed by atoms with Crippen molar-refractivity contribution in [2.45, 2.75) is 137 Å². The average Bonchev–Trinajstić information content (AvgIpc) is 3.08. The van der Waals surface area contributed by atoms with E-state index in [9.17, 15) is 29.4 Å². The Bertz CT molecular complexity index is 1240. The second kappa shape index (κ2) is 21.7. The fraction of sp³-hybridized carbons (Fsp3) is 0.579. The molecule has 10 heteroatoms. The molecule has 0 aromatic heterocycles. The van der Waals surface area contributed by atoms with Crippen molar-refractivity contribution in [1.82, 2.24) is 21.7 Å². The van der Waals surface area contributed by atoms with Crippen molar-refractivity contribution >= 4 is 23.6 Å². The summed E-state index contributed by atoms with van der Waals surface area (Å²) in [5.74, 6) is -3.24. The lowest BCUT2D eigenvalue weighted by molar-refractivity contribution is -0.146. The van der Waals surface area contributed by atoms with Gasteiger partial charge < -0.3 is 10.2 Å². The molecule has 2 aromatic carbocycles. The lowest BCUT2D eigenvalue weighted by atomic mass is 9.76. The Labute approximate surface area is 286 Å². The highest BCUT2D eigenvalue weighted by Gasteiger charge is 2.45. The number of hydrogen-bond donors (Lipinski definition) is 6. The number of nitrogens with one attached hydrogen (secondary N) is 4. The molecule has 0 bridgehead atoms. The summed E-state index contributed by atoms with van der Waals surface area (Å²) in [7, 11) is 0. The monoisotopic (exact) mass is 666 g/mol. The van der Waals surface area contributed by atoms with Gasteiger partial charge in [-0.2, -0.15) is 0 Å². The van der Waals surface area contributed by atoms with Gasteiger partial charge in [-0.15, -0.1) is 0 Å². The van der Waals surface area contributed by atoms with E-state index in [0.717, 1.165) is 88.2 Å². The molecule has 0 heterocycles. The molecular formula is C38H58N4O6. The van der Waals surface area contributed by atoms with Gasteiger partial charge in [-0.1, -0.05) is 110 Å². The molecule has 0 radical (unpaired) electrons. The summed E-state index contributed by atoms with van der Waals surface area (Å²) in [6.07, 6.45) is 14.2. The number of carbonyl (C=O) groups excluding carboxylic acids is 4. The van der Waals surface area contributed by atoms with Gasteiger partial charge in [-0.05, 0) is 73.9 Å². The number of phenolic OH excluding ortho intramolecular Hbond substituents is 2. The molecule has 0 saturated carbocycles. The van der Waals surface area contributed by atoms with E-state index in [1.807, 2.05) is 13.8 Å². The first-order valence-electron chi connectivity index (χ1n) is 18.0. The van der Waals surface area contributed by atoms with Crippen LogP contribution in [0.25, 0.3) is 0 Å². The summed E-state index contributed by atoms with van der Waals surface area (Å²) in [6, 6.07) is 9.74. The molecule has 48 heavy (non-hydrogen) atoms. The summed E-state index contributed by atoms with van der Waals surface area (Å²) in [6.45, 7) is 8.25. The SMILES string of the molecule is CCCCCCc1ccc(C(=O)NNC(=O)C(CCCC)(CCCCC)C(=O)NNC(=O)c2ccc(CCCCCC)cc2O)c(O)c1. The first-order chi connectivity index (χ1) is 23.1. The average molecular weight is 667 g/mol. The third-order valence-corrected chi connectivity index (χ3v) is 8.86. The molecule has 2 rings (SSSR count). The van der Waals surface area contributed by atoms with Crippen molar-refractivity contribution < 1.29 is 29.4 Å². The highest BCUT2D eigenvalue weighted by molar-refractivity contribution is 6.07. The summed E-state index contributed by atoms with van der Waals surface area (Å²) in [5, 5.41) is 21.1. The fourth-order valence-electron chi connectivity index (χ4n) is 5.80. The number of rotatable bonds is 21. The number of hydrazine groups is 2. The van der Waals surface area contributed by atoms with Gasteiger partial charge in [-0.3, -0.25) is 40.9 Å². The first-order valence-corrected chi connectivity index (χ1v) is 18.0. The van der Waals surface area contributed by atoms with Crippen LogP contribution in [-0.2, 0) is 22.4 Å². The van der Waals surface area contributed by atoms with Gasteiger partial charge >= 0.3 is 0 Å². The van der Waals surface area contributed by atoms with Gasteiger partial charge in [0.1, 0.15) is 16.9 Å².